The van der Waals surface area contributed by atoms with E-state index in [1.165, 1.54) is 0 Å². The number of hydrogen-bond acceptors (Lipinski definition) is 7. The van der Waals surface area contributed by atoms with Crippen LogP contribution in [0.5, 0.6) is 0 Å². The Balaban J connectivity index is 2.47. The van der Waals surface area contributed by atoms with E-state index in [-0.39, 0.29) is 30.6 Å². The summed E-state index contributed by atoms with van der Waals surface area (Å²) in [5, 5.41) is 41.5. The molecule has 0 aliphatic heterocycles. The van der Waals surface area contributed by atoms with E-state index < -0.39 is 47.6 Å². The second kappa shape index (κ2) is 5.98. The number of ether oxygens (including phenoxy) is 1. The standard InChI is InChI=1S/C16H24O7/c1-8(14(21)23-3)11-9(18)6-15(2)10(19)4-5-16(22,7-17)13(15)12(11)20/h9,11-13,17-18,20,22H,1,4-7H2,2-3H3/t9-,11-,12-,13+,15-,16+/m1/s1. The van der Waals surface area contributed by atoms with Crippen molar-refractivity contribution in [2.45, 2.75) is 44.0 Å². The maximum Gasteiger partial charge on any atom is 0.333 e. The Bertz CT molecular complexity index is 531. The summed E-state index contributed by atoms with van der Waals surface area (Å²) in [6.07, 6.45) is -2.53. The Hall–Kier alpha value is -1.28. The van der Waals surface area contributed by atoms with E-state index >= 15 is 0 Å². The molecule has 2 aliphatic carbocycles. The van der Waals surface area contributed by atoms with Crippen LogP contribution in [0.3, 0.4) is 0 Å². The minimum atomic E-state index is -1.66. The molecule has 0 aromatic rings. The maximum absolute atomic E-state index is 12.4. The number of esters is 1. The van der Waals surface area contributed by atoms with Gasteiger partial charge in [-0.1, -0.05) is 13.5 Å². The molecule has 0 saturated heterocycles. The van der Waals surface area contributed by atoms with Crippen LogP contribution in [0.2, 0.25) is 0 Å². The number of aliphatic hydroxyl groups is 4. The molecule has 0 aromatic carbocycles. The molecule has 6 atom stereocenters. The van der Waals surface area contributed by atoms with E-state index in [1.807, 2.05) is 0 Å². The molecule has 2 saturated carbocycles. The van der Waals surface area contributed by atoms with Crippen LogP contribution in [0.1, 0.15) is 26.2 Å². The molecule has 130 valence electrons. The lowest BCUT2D eigenvalue weighted by atomic mass is 9.50. The van der Waals surface area contributed by atoms with Gasteiger partial charge in [-0.3, -0.25) is 4.79 Å². The Morgan fingerprint density at radius 2 is 2.04 bits per heavy atom. The normalized spacial score (nSPS) is 43.7. The molecule has 4 N–H and O–H groups in total. The average molecular weight is 328 g/mol. The summed E-state index contributed by atoms with van der Waals surface area (Å²) in [4.78, 5) is 24.1. The fraction of sp³-hybridized carbons (Fsp3) is 0.750. The van der Waals surface area contributed by atoms with Crippen molar-refractivity contribution in [3.05, 3.63) is 12.2 Å². The number of Topliss-reactive ketones (excluding diaryl/α,β-unsaturated/α-hetero) is 1. The first-order chi connectivity index (χ1) is 10.6. The molecule has 2 fully saturated rings. The molecule has 0 unspecified atom stereocenters. The number of fused-ring (bicyclic) bond motifs is 1. The summed E-state index contributed by atoms with van der Waals surface area (Å²) in [6, 6.07) is 0. The lowest BCUT2D eigenvalue weighted by molar-refractivity contribution is -0.213. The number of rotatable bonds is 3. The minimum absolute atomic E-state index is 0.0210. The van der Waals surface area contributed by atoms with Gasteiger partial charge in [0.25, 0.3) is 0 Å². The predicted octanol–water partition coefficient (Wildman–Crippen LogP) is -0.834. The van der Waals surface area contributed by atoms with Crippen molar-refractivity contribution in [1.82, 2.24) is 0 Å². The summed E-state index contributed by atoms with van der Waals surface area (Å²) in [7, 11) is 1.16. The van der Waals surface area contributed by atoms with Gasteiger partial charge in [-0.2, -0.15) is 0 Å². The van der Waals surface area contributed by atoms with E-state index in [1.54, 1.807) is 6.92 Å². The fourth-order valence-electron chi connectivity index (χ4n) is 4.35. The van der Waals surface area contributed by atoms with Gasteiger partial charge in [0.1, 0.15) is 5.78 Å². The summed E-state index contributed by atoms with van der Waals surface area (Å²) in [5.74, 6) is -3.02. The molecule has 7 nitrogen and oxygen atoms in total. The van der Waals surface area contributed by atoms with Crippen LogP contribution in [0, 0.1) is 17.3 Å². The van der Waals surface area contributed by atoms with E-state index in [0.29, 0.717) is 0 Å². The van der Waals surface area contributed by atoms with Crippen molar-refractivity contribution in [3.8, 4) is 0 Å². The van der Waals surface area contributed by atoms with Crippen molar-refractivity contribution >= 4 is 11.8 Å². The van der Waals surface area contributed by atoms with Crippen molar-refractivity contribution in [1.29, 1.82) is 0 Å². The molecule has 0 amide bonds. The first-order valence-corrected chi connectivity index (χ1v) is 7.62. The zero-order valence-corrected chi connectivity index (χ0v) is 13.4. The van der Waals surface area contributed by atoms with Crippen molar-refractivity contribution in [3.63, 3.8) is 0 Å². The molecule has 2 aliphatic rings. The summed E-state index contributed by atoms with van der Waals surface area (Å²) >= 11 is 0. The molecule has 2 rings (SSSR count). The first kappa shape index (κ1) is 18.1. The Morgan fingerprint density at radius 1 is 1.43 bits per heavy atom. The topological polar surface area (TPSA) is 124 Å². The number of carbonyl (C=O) groups is 2. The second-order valence-corrected chi connectivity index (χ2v) is 6.88. The lowest BCUT2D eigenvalue weighted by Gasteiger charge is -2.56. The lowest BCUT2D eigenvalue weighted by Crippen LogP contribution is -2.66. The predicted molar refractivity (Wildman–Crippen MR) is 79.2 cm³/mol. The largest absolute Gasteiger partial charge is 0.466 e. The fourth-order valence-corrected chi connectivity index (χ4v) is 4.35. The molecule has 23 heavy (non-hydrogen) atoms. The molecule has 0 heterocycles. The smallest absolute Gasteiger partial charge is 0.333 e. The number of ketones is 1. The van der Waals surface area contributed by atoms with E-state index in [0.717, 1.165) is 7.11 Å². The monoisotopic (exact) mass is 328 g/mol. The number of carbonyl (C=O) groups excluding carboxylic acids is 2. The van der Waals surface area contributed by atoms with E-state index in [2.05, 4.69) is 11.3 Å². The Labute approximate surface area is 134 Å². The van der Waals surface area contributed by atoms with Crippen LogP contribution in [-0.2, 0) is 14.3 Å². The highest BCUT2D eigenvalue weighted by molar-refractivity contribution is 5.89. The van der Waals surface area contributed by atoms with Crippen LogP contribution in [-0.4, -0.2) is 63.7 Å². The van der Waals surface area contributed by atoms with Gasteiger partial charge in [-0.15, -0.1) is 0 Å². The third kappa shape index (κ3) is 2.61. The number of methoxy groups -OCH3 is 1. The second-order valence-electron chi connectivity index (χ2n) is 6.88. The van der Waals surface area contributed by atoms with Crippen LogP contribution in [0.4, 0.5) is 0 Å². The van der Waals surface area contributed by atoms with Crippen LogP contribution >= 0.6 is 0 Å². The van der Waals surface area contributed by atoms with Crippen molar-refractivity contribution in [2.75, 3.05) is 13.7 Å². The van der Waals surface area contributed by atoms with Gasteiger partial charge in [0, 0.05) is 29.2 Å². The van der Waals surface area contributed by atoms with Gasteiger partial charge >= 0.3 is 5.97 Å². The van der Waals surface area contributed by atoms with E-state index in [9.17, 15) is 30.0 Å². The van der Waals surface area contributed by atoms with Crippen molar-refractivity contribution < 1.29 is 34.8 Å². The highest BCUT2D eigenvalue weighted by Gasteiger charge is 2.63. The van der Waals surface area contributed by atoms with Crippen LogP contribution in [0.25, 0.3) is 0 Å². The quantitative estimate of drug-likeness (QED) is 0.393. The summed E-state index contributed by atoms with van der Waals surface area (Å²) in [5.41, 5.74) is -2.95. The molecule has 7 heteroatoms. The molecule has 0 radical (unpaired) electrons. The van der Waals surface area contributed by atoms with Gasteiger partial charge in [-0.25, -0.2) is 4.79 Å². The third-order valence-electron chi connectivity index (χ3n) is 5.57. The zero-order valence-electron chi connectivity index (χ0n) is 13.4. The van der Waals surface area contributed by atoms with Gasteiger partial charge in [-0.05, 0) is 12.8 Å². The van der Waals surface area contributed by atoms with Gasteiger partial charge < -0.3 is 25.2 Å². The van der Waals surface area contributed by atoms with E-state index in [4.69, 9.17) is 0 Å². The molecule has 0 bridgehead atoms. The number of aliphatic hydroxyl groups excluding tert-OH is 3. The average Bonchev–Trinajstić information content (AvgIpc) is 2.49. The SMILES string of the molecule is C=C(C(=O)OC)[C@H]1[C@@H](O)[C@@H]2[C@@](O)(CO)CCC(=O)[C@@]2(C)C[C@H]1O. The molecule has 0 spiro atoms. The van der Waals surface area contributed by atoms with Gasteiger partial charge in [0.05, 0.1) is 31.5 Å². The maximum atomic E-state index is 12.4. The van der Waals surface area contributed by atoms with Gasteiger partial charge in [0.2, 0.25) is 0 Å². The summed E-state index contributed by atoms with van der Waals surface area (Å²) in [6.45, 7) is 4.53. The Morgan fingerprint density at radius 3 is 2.57 bits per heavy atom. The van der Waals surface area contributed by atoms with Gasteiger partial charge in [0.15, 0.2) is 0 Å². The molecular weight excluding hydrogens is 304 g/mol. The summed E-state index contributed by atoms with van der Waals surface area (Å²) < 4.78 is 4.58. The third-order valence-corrected chi connectivity index (χ3v) is 5.57. The Kier molecular flexibility index (Phi) is 4.69. The van der Waals surface area contributed by atoms with Crippen molar-refractivity contribution in [2.24, 2.45) is 17.3 Å². The van der Waals surface area contributed by atoms with Crippen LogP contribution in [0.15, 0.2) is 12.2 Å². The highest BCUT2D eigenvalue weighted by atomic mass is 16.5. The molecular formula is C16H24O7. The first-order valence-electron chi connectivity index (χ1n) is 7.62. The minimum Gasteiger partial charge on any atom is -0.466 e. The van der Waals surface area contributed by atoms with Crippen LogP contribution < -0.4 is 0 Å². The zero-order chi connectivity index (χ0) is 17.6. The molecule has 0 aromatic heterocycles. The number of hydrogen-bond donors (Lipinski definition) is 4. The highest BCUT2D eigenvalue weighted by Crippen LogP contribution is 2.54.